The molecule has 2 fully saturated rings. The fourth-order valence-electron chi connectivity index (χ4n) is 4.47. The Hall–Kier alpha value is -3.94. The summed E-state index contributed by atoms with van der Waals surface area (Å²) in [5, 5.41) is 6.20. The van der Waals surface area contributed by atoms with Gasteiger partial charge in [0.1, 0.15) is 5.82 Å². The fourth-order valence-corrected chi connectivity index (χ4v) is 4.47. The van der Waals surface area contributed by atoms with Gasteiger partial charge in [0.05, 0.1) is 5.92 Å². The number of carbonyl (C=O) groups is 2. The Labute approximate surface area is 199 Å². The number of amides is 2. The van der Waals surface area contributed by atoms with Crippen LogP contribution in [0.15, 0.2) is 60.7 Å². The Morgan fingerprint density at radius 2 is 1.68 bits per heavy atom. The lowest BCUT2D eigenvalue weighted by Gasteiger charge is -2.18. The van der Waals surface area contributed by atoms with Gasteiger partial charge in [-0.3, -0.25) is 9.59 Å². The van der Waals surface area contributed by atoms with Crippen molar-refractivity contribution in [2.24, 2.45) is 5.92 Å². The van der Waals surface area contributed by atoms with Crippen LogP contribution in [-0.2, 0) is 9.59 Å². The summed E-state index contributed by atoms with van der Waals surface area (Å²) in [4.78, 5) is 38.3. The van der Waals surface area contributed by atoms with Crippen molar-refractivity contribution in [3.63, 3.8) is 0 Å². The van der Waals surface area contributed by atoms with Gasteiger partial charge in [0.2, 0.25) is 17.8 Å². The third-order valence-electron chi connectivity index (χ3n) is 6.24. The van der Waals surface area contributed by atoms with Crippen molar-refractivity contribution in [3.8, 4) is 0 Å². The molecule has 1 aromatic heterocycles. The number of aromatic nitrogens is 2. The second-order valence-electron chi connectivity index (χ2n) is 8.82. The van der Waals surface area contributed by atoms with E-state index < -0.39 is 0 Å². The first kappa shape index (κ1) is 21.9. The van der Waals surface area contributed by atoms with Crippen molar-refractivity contribution in [2.75, 3.05) is 40.1 Å². The first-order chi connectivity index (χ1) is 16.5. The van der Waals surface area contributed by atoms with Gasteiger partial charge >= 0.3 is 0 Å². The molecule has 2 aliphatic heterocycles. The van der Waals surface area contributed by atoms with Gasteiger partial charge in [0, 0.05) is 54.9 Å². The molecule has 0 spiro atoms. The third kappa shape index (κ3) is 4.85. The maximum Gasteiger partial charge on any atom is 0.229 e. The number of hydrogen-bond donors (Lipinski definition) is 2. The van der Waals surface area contributed by atoms with E-state index in [1.165, 1.54) is 12.8 Å². The molecule has 174 valence electrons. The number of anilines is 5. The van der Waals surface area contributed by atoms with Crippen LogP contribution in [0.3, 0.4) is 0 Å². The summed E-state index contributed by atoms with van der Waals surface area (Å²) >= 11 is 0. The van der Waals surface area contributed by atoms with Crippen LogP contribution in [0.2, 0.25) is 0 Å². The highest BCUT2D eigenvalue weighted by Gasteiger charge is 2.35. The second-order valence-corrected chi connectivity index (χ2v) is 8.82. The average Bonchev–Trinajstić information content (AvgIpc) is 3.51. The van der Waals surface area contributed by atoms with Gasteiger partial charge in [-0.05, 0) is 56.2 Å². The number of benzene rings is 2. The zero-order valence-corrected chi connectivity index (χ0v) is 19.2. The van der Waals surface area contributed by atoms with Gasteiger partial charge in [0.25, 0.3) is 0 Å². The molecule has 8 heteroatoms. The topological polar surface area (TPSA) is 90.5 Å². The zero-order valence-electron chi connectivity index (χ0n) is 19.2. The number of aryl methyl sites for hydroxylation is 1. The standard InChI is InChI=1S/C26H28N6O2/c1-18-15-23(31-13-5-6-14-31)30-26(27-18)29-21-11-9-20(10-12-21)28-25(34)19-16-24(33)32(17-19)22-7-3-2-4-8-22/h2-4,7-12,15,19H,5-6,13-14,16-17H2,1H3,(H,28,34)(H,27,29,30)/t19-/m0/s1. The first-order valence-electron chi connectivity index (χ1n) is 11.7. The normalized spacial score (nSPS) is 17.8. The van der Waals surface area contributed by atoms with Crippen LogP contribution in [0.1, 0.15) is 25.0 Å². The minimum atomic E-state index is -0.379. The molecule has 2 aliphatic rings. The molecule has 2 saturated heterocycles. The highest BCUT2D eigenvalue weighted by molar-refractivity contribution is 6.03. The molecular formula is C26H28N6O2. The van der Waals surface area contributed by atoms with Crippen molar-refractivity contribution < 1.29 is 9.59 Å². The van der Waals surface area contributed by atoms with Crippen molar-refractivity contribution in [3.05, 3.63) is 66.4 Å². The van der Waals surface area contributed by atoms with Crippen LogP contribution in [-0.4, -0.2) is 41.4 Å². The zero-order chi connectivity index (χ0) is 23.5. The molecule has 34 heavy (non-hydrogen) atoms. The Morgan fingerprint density at radius 1 is 0.971 bits per heavy atom. The largest absolute Gasteiger partial charge is 0.356 e. The highest BCUT2D eigenvalue weighted by atomic mass is 16.2. The van der Waals surface area contributed by atoms with Gasteiger partial charge in [-0.2, -0.15) is 4.98 Å². The second kappa shape index (κ2) is 9.51. The average molecular weight is 457 g/mol. The maximum atomic E-state index is 12.8. The van der Waals surface area contributed by atoms with E-state index in [0.29, 0.717) is 18.2 Å². The van der Waals surface area contributed by atoms with Gasteiger partial charge in [-0.25, -0.2) is 4.98 Å². The highest BCUT2D eigenvalue weighted by Crippen LogP contribution is 2.26. The van der Waals surface area contributed by atoms with Gasteiger partial charge in [0.15, 0.2) is 0 Å². The number of hydrogen-bond acceptors (Lipinski definition) is 6. The Bertz CT molecular complexity index is 1180. The molecule has 0 aliphatic carbocycles. The van der Waals surface area contributed by atoms with E-state index in [1.54, 1.807) is 4.90 Å². The summed E-state index contributed by atoms with van der Waals surface area (Å²) in [6.45, 7) is 4.41. The lowest BCUT2D eigenvalue weighted by atomic mass is 10.1. The number of nitrogens with zero attached hydrogens (tertiary/aromatic N) is 4. The van der Waals surface area contributed by atoms with Crippen LogP contribution in [0, 0.1) is 12.8 Å². The van der Waals surface area contributed by atoms with E-state index in [2.05, 4.69) is 25.5 Å². The summed E-state index contributed by atoms with van der Waals surface area (Å²) in [6, 6.07) is 18.9. The molecule has 3 aromatic rings. The molecule has 1 atom stereocenters. The van der Waals surface area contributed by atoms with E-state index in [0.717, 1.165) is 36.0 Å². The molecular weight excluding hydrogens is 428 g/mol. The van der Waals surface area contributed by atoms with Crippen molar-refractivity contribution in [2.45, 2.75) is 26.2 Å². The van der Waals surface area contributed by atoms with Crippen LogP contribution in [0.5, 0.6) is 0 Å². The molecule has 3 heterocycles. The smallest absolute Gasteiger partial charge is 0.229 e. The lowest BCUT2D eigenvalue weighted by Crippen LogP contribution is -2.28. The Balaban J connectivity index is 1.20. The van der Waals surface area contributed by atoms with Crippen LogP contribution in [0.4, 0.5) is 28.8 Å². The first-order valence-corrected chi connectivity index (χ1v) is 11.7. The van der Waals surface area contributed by atoms with Crippen molar-refractivity contribution >= 4 is 40.6 Å². The molecule has 0 bridgehead atoms. The Kier molecular flexibility index (Phi) is 6.12. The van der Waals surface area contributed by atoms with Crippen LogP contribution < -0.4 is 20.4 Å². The SMILES string of the molecule is Cc1cc(N2CCCC2)nc(Nc2ccc(NC(=O)[C@H]3CC(=O)N(c4ccccc4)C3)cc2)n1. The minimum Gasteiger partial charge on any atom is -0.356 e. The predicted molar refractivity (Wildman–Crippen MR) is 133 cm³/mol. The third-order valence-corrected chi connectivity index (χ3v) is 6.24. The summed E-state index contributed by atoms with van der Waals surface area (Å²) in [7, 11) is 0. The Morgan fingerprint density at radius 3 is 2.41 bits per heavy atom. The molecule has 0 saturated carbocycles. The number of rotatable bonds is 6. The van der Waals surface area contributed by atoms with E-state index in [-0.39, 0.29) is 24.2 Å². The molecule has 2 amide bonds. The number of carbonyl (C=O) groups excluding carboxylic acids is 2. The molecule has 0 radical (unpaired) electrons. The predicted octanol–water partition coefficient (Wildman–Crippen LogP) is 4.12. The van der Waals surface area contributed by atoms with E-state index in [1.807, 2.05) is 67.6 Å². The maximum absolute atomic E-state index is 12.8. The molecule has 5 rings (SSSR count). The number of para-hydroxylation sites is 1. The van der Waals surface area contributed by atoms with E-state index in [4.69, 9.17) is 0 Å². The van der Waals surface area contributed by atoms with Crippen LogP contribution in [0.25, 0.3) is 0 Å². The number of nitrogens with one attached hydrogen (secondary N) is 2. The van der Waals surface area contributed by atoms with Crippen molar-refractivity contribution in [1.29, 1.82) is 0 Å². The van der Waals surface area contributed by atoms with Crippen molar-refractivity contribution in [1.82, 2.24) is 9.97 Å². The van der Waals surface area contributed by atoms with E-state index >= 15 is 0 Å². The summed E-state index contributed by atoms with van der Waals surface area (Å²) < 4.78 is 0. The quantitative estimate of drug-likeness (QED) is 0.580. The fraction of sp³-hybridized carbons (Fsp3) is 0.308. The lowest BCUT2D eigenvalue weighted by molar-refractivity contribution is -0.122. The molecule has 0 unspecified atom stereocenters. The molecule has 8 nitrogen and oxygen atoms in total. The van der Waals surface area contributed by atoms with Gasteiger partial charge < -0.3 is 20.4 Å². The summed E-state index contributed by atoms with van der Waals surface area (Å²) in [5.74, 6) is 0.952. The summed E-state index contributed by atoms with van der Waals surface area (Å²) in [6.07, 6.45) is 2.60. The minimum absolute atomic E-state index is 0.0302. The monoisotopic (exact) mass is 456 g/mol. The van der Waals surface area contributed by atoms with Gasteiger partial charge in [-0.1, -0.05) is 18.2 Å². The summed E-state index contributed by atoms with van der Waals surface area (Å²) in [5.41, 5.74) is 3.26. The van der Waals surface area contributed by atoms with Crippen LogP contribution >= 0.6 is 0 Å². The molecule has 2 aromatic carbocycles. The van der Waals surface area contributed by atoms with E-state index in [9.17, 15) is 9.59 Å². The molecule has 2 N–H and O–H groups in total. The van der Waals surface area contributed by atoms with Gasteiger partial charge in [-0.15, -0.1) is 0 Å².